The number of carbonyl (C=O) groups is 4. The number of hydrogen-bond acceptors (Lipinski definition) is 7. The maximum atomic E-state index is 14.0. The van der Waals surface area contributed by atoms with Crippen molar-refractivity contribution in [3.05, 3.63) is 66.0 Å². The van der Waals surface area contributed by atoms with Gasteiger partial charge in [0, 0.05) is 39.1 Å². The first-order chi connectivity index (χ1) is 21.3. The van der Waals surface area contributed by atoms with Crippen molar-refractivity contribution >= 4 is 34.8 Å². The first-order valence-corrected chi connectivity index (χ1v) is 15.2. The zero-order valence-corrected chi connectivity index (χ0v) is 25.4. The molecule has 2 fully saturated rings. The Bertz CT molecular complexity index is 1450. The van der Waals surface area contributed by atoms with E-state index in [4.69, 9.17) is 4.74 Å². The molecule has 2 N–H and O–H groups in total. The van der Waals surface area contributed by atoms with Gasteiger partial charge in [-0.2, -0.15) is 0 Å². The predicted octanol–water partition coefficient (Wildman–Crippen LogP) is 2.36. The smallest absolute Gasteiger partial charge is 0.410 e. The summed E-state index contributed by atoms with van der Waals surface area (Å²) in [5.74, 6) is -0.550. The Morgan fingerprint density at radius 3 is 2.52 bits per heavy atom. The highest BCUT2D eigenvalue weighted by Crippen LogP contribution is 2.19. The molecular weight excluding hydrogens is 562 g/mol. The van der Waals surface area contributed by atoms with E-state index in [0.29, 0.717) is 6.42 Å². The number of aromatic nitrogens is 2. The highest BCUT2D eigenvalue weighted by molar-refractivity contribution is 5.91. The fourth-order valence-corrected chi connectivity index (χ4v) is 5.83. The van der Waals surface area contributed by atoms with Crippen LogP contribution >= 0.6 is 0 Å². The van der Waals surface area contributed by atoms with Crippen LogP contribution in [0.25, 0.3) is 11.0 Å². The molecule has 2 aliphatic heterocycles. The Morgan fingerprint density at radius 1 is 1.00 bits per heavy atom. The molecule has 3 heterocycles. The Morgan fingerprint density at radius 2 is 1.77 bits per heavy atom. The van der Waals surface area contributed by atoms with Crippen LogP contribution in [0.1, 0.15) is 36.8 Å². The van der Waals surface area contributed by atoms with Gasteiger partial charge in [0.25, 0.3) is 0 Å². The van der Waals surface area contributed by atoms with E-state index < -0.39 is 18.2 Å². The van der Waals surface area contributed by atoms with E-state index in [-0.39, 0.29) is 56.9 Å². The molecule has 4 amide bonds. The summed E-state index contributed by atoms with van der Waals surface area (Å²) < 4.78 is 5.55. The lowest BCUT2D eigenvalue weighted by molar-refractivity contribution is -0.147. The van der Waals surface area contributed by atoms with E-state index in [0.717, 1.165) is 48.1 Å². The average molecular weight is 604 g/mol. The van der Waals surface area contributed by atoms with Crippen molar-refractivity contribution < 1.29 is 23.9 Å². The molecule has 0 unspecified atom stereocenters. The van der Waals surface area contributed by atoms with Gasteiger partial charge in [0.05, 0.1) is 29.9 Å². The Labute approximate surface area is 257 Å². The van der Waals surface area contributed by atoms with E-state index in [1.807, 2.05) is 53.4 Å². The molecule has 2 aromatic carbocycles. The molecule has 0 spiro atoms. The standard InChI is InChI=1S/C32H41N7O5/c1-36(2)27(12-13-29(40)37-14-6-7-15-37)31(42)39-17-16-38(32(43)44-21-23-8-4-3-5-9-23)20-28(39)30(41)33-19-24-10-11-25-26(18-24)35-22-34-25/h3-5,8-11,18,22,27-28H,6-7,12-17,19-21H2,1-2H3,(H,33,41)(H,34,35)/t27-,28+/m1/s1. The fourth-order valence-electron chi connectivity index (χ4n) is 5.83. The van der Waals surface area contributed by atoms with Crippen molar-refractivity contribution in [2.75, 3.05) is 46.8 Å². The van der Waals surface area contributed by atoms with E-state index in [2.05, 4.69) is 15.3 Å². The first-order valence-electron chi connectivity index (χ1n) is 15.2. The second-order valence-corrected chi connectivity index (χ2v) is 11.6. The van der Waals surface area contributed by atoms with Crippen molar-refractivity contribution in [3.8, 4) is 0 Å². The molecule has 2 atom stereocenters. The van der Waals surface area contributed by atoms with Crippen LogP contribution < -0.4 is 5.32 Å². The number of nitrogens with zero attached hydrogens (tertiary/aromatic N) is 5. The Kier molecular flexibility index (Phi) is 10.1. The van der Waals surface area contributed by atoms with Gasteiger partial charge in [-0.1, -0.05) is 36.4 Å². The van der Waals surface area contributed by atoms with Crippen molar-refractivity contribution in [2.45, 2.75) is 50.9 Å². The van der Waals surface area contributed by atoms with Gasteiger partial charge < -0.3 is 29.7 Å². The average Bonchev–Trinajstić information content (AvgIpc) is 3.75. The highest BCUT2D eigenvalue weighted by atomic mass is 16.6. The molecule has 0 saturated carbocycles. The molecule has 0 aliphatic carbocycles. The SMILES string of the molecule is CN(C)[C@H](CCC(=O)N1CCCC1)C(=O)N1CCN(C(=O)OCc2ccccc2)C[C@H]1C(=O)NCc1ccc2nc[nH]c2c1. The van der Waals surface area contributed by atoms with Gasteiger partial charge in [0.2, 0.25) is 17.7 Å². The van der Waals surface area contributed by atoms with Gasteiger partial charge in [-0.25, -0.2) is 9.78 Å². The third-order valence-corrected chi connectivity index (χ3v) is 8.38. The number of benzene rings is 2. The number of imidazole rings is 1. The number of aromatic amines is 1. The van der Waals surface area contributed by atoms with Crippen molar-refractivity contribution in [1.82, 2.24) is 34.9 Å². The maximum absolute atomic E-state index is 14.0. The van der Waals surface area contributed by atoms with Crippen LogP contribution in [0.4, 0.5) is 4.79 Å². The Hall–Kier alpha value is -4.45. The van der Waals surface area contributed by atoms with Gasteiger partial charge in [-0.3, -0.25) is 19.3 Å². The molecule has 12 nitrogen and oxygen atoms in total. The van der Waals surface area contributed by atoms with Gasteiger partial charge in [0.15, 0.2) is 0 Å². The van der Waals surface area contributed by atoms with Gasteiger partial charge >= 0.3 is 6.09 Å². The summed E-state index contributed by atoms with van der Waals surface area (Å²) in [6.45, 7) is 2.27. The molecule has 3 aromatic rings. The minimum Gasteiger partial charge on any atom is -0.445 e. The normalized spacial score (nSPS) is 17.6. The second kappa shape index (κ2) is 14.3. The summed E-state index contributed by atoms with van der Waals surface area (Å²) >= 11 is 0. The molecule has 0 bridgehead atoms. The first kappa shape index (κ1) is 31.0. The molecule has 0 radical (unpaired) electrons. The molecule has 1 aromatic heterocycles. The largest absolute Gasteiger partial charge is 0.445 e. The van der Waals surface area contributed by atoms with Crippen LogP contribution in [0.3, 0.4) is 0 Å². The lowest BCUT2D eigenvalue weighted by Crippen LogP contribution is -2.64. The number of likely N-dealkylation sites (N-methyl/N-ethyl adjacent to an activating group) is 1. The third-order valence-electron chi connectivity index (χ3n) is 8.38. The van der Waals surface area contributed by atoms with E-state index in [9.17, 15) is 19.2 Å². The van der Waals surface area contributed by atoms with Crippen LogP contribution in [0.5, 0.6) is 0 Å². The topological polar surface area (TPSA) is 131 Å². The summed E-state index contributed by atoms with van der Waals surface area (Å²) in [7, 11) is 3.61. The number of hydrogen-bond donors (Lipinski definition) is 2. The number of H-pyrrole nitrogens is 1. The Balaban J connectivity index is 1.28. The van der Waals surface area contributed by atoms with Crippen LogP contribution in [-0.4, -0.2) is 112 Å². The zero-order chi connectivity index (χ0) is 31.1. The zero-order valence-electron chi connectivity index (χ0n) is 25.4. The quantitative estimate of drug-likeness (QED) is 0.364. The van der Waals surface area contributed by atoms with Crippen LogP contribution in [-0.2, 0) is 32.3 Å². The fraction of sp³-hybridized carbons (Fsp3) is 0.469. The molecule has 2 saturated heterocycles. The number of rotatable bonds is 10. The number of amides is 4. The number of ether oxygens (including phenoxy) is 1. The van der Waals surface area contributed by atoms with Gasteiger partial charge in [-0.15, -0.1) is 0 Å². The van der Waals surface area contributed by atoms with Gasteiger partial charge in [0.1, 0.15) is 12.6 Å². The molecule has 5 rings (SSSR count). The summed E-state index contributed by atoms with van der Waals surface area (Å²) in [6.07, 6.45) is 3.69. The predicted molar refractivity (Wildman–Crippen MR) is 164 cm³/mol. The number of carbonyl (C=O) groups excluding carboxylic acids is 4. The monoisotopic (exact) mass is 603 g/mol. The van der Waals surface area contributed by atoms with Crippen molar-refractivity contribution in [1.29, 1.82) is 0 Å². The van der Waals surface area contributed by atoms with Crippen molar-refractivity contribution in [2.24, 2.45) is 0 Å². The summed E-state index contributed by atoms with van der Waals surface area (Å²) in [5.41, 5.74) is 3.41. The minimum atomic E-state index is -0.923. The van der Waals surface area contributed by atoms with Crippen LogP contribution in [0, 0.1) is 0 Å². The van der Waals surface area contributed by atoms with E-state index in [1.165, 1.54) is 4.90 Å². The number of piperazine rings is 1. The lowest BCUT2D eigenvalue weighted by Gasteiger charge is -2.42. The molecule has 234 valence electrons. The number of nitrogens with one attached hydrogen (secondary N) is 2. The van der Waals surface area contributed by atoms with E-state index >= 15 is 0 Å². The highest BCUT2D eigenvalue weighted by Gasteiger charge is 2.40. The third kappa shape index (κ3) is 7.54. The summed E-state index contributed by atoms with van der Waals surface area (Å²) in [4.78, 5) is 67.5. The number of likely N-dealkylation sites (tertiary alicyclic amines) is 1. The molecular formula is C32H41N7O5. The minimum absolute atomic E-state index is 0.00234. The van der Waals surface area contributed by atoms with E-state index in [1.54, 1.807) is 30.2 Å². The second-order valence-electron chi connectivity index (χ2n) is 11.6. The summed E-state index contributed by atoms with van der Waals surface area (Å²) in [6, 6.07) is 13.5. The molecule has 2 aliphatic rings. The number of fused-ring (bicyclic) bond motifs is 1. The van der Waals surface area contributed by atoms with Crippen molar-refractivity contribution in [3.63, 3.8) is 0 Å². The summed E-state index contributed by atoms with van der Waals surface area (Å²) in [5, 5.41) is 2.96. The van der Waals surface area contributed by atoms with Gasteiger partial charge in [-0.05, 0) is 56.6 Å². The lowest BCUT2D eigenvalue weighted by atomic mass is 10.0. The van der Waals surface area contributed by atoms with Crippen LogP contribution in [0.15, 0.2) is 54.9 Å². The van der Waals surface area contributed by atoms with Crippen LogP contribution in [0.2, 0.25) is 0 Å². The maximum Gasteiger partial charge on any atom is 0.410 e. The molecule has 12 heteroatoms. The molecule has 44 heavy (non-hydrogen) atoms.